The van der Waals surface area contributed by atoms with Crippen LogP contribution < -0.4 is 10.1 Å². The molecule has 0 heterocycles. The van der Waals surface area contributed by atoms with E-state index in [4.69, 9.17) is 4.74 Å². The molecule has 94 valence electrons. The van der Waals surface area contributed by atoms with Crippen LogP contribution in [0.5, 0.6) is 5.75 Å². The van der Waals surface area contributed by atoms with Gasteiger partial charge in [-0.2, -0.15) is 0 Å². The van der Waals surface area contributed by atoms with Crippen molar-refractivity contribution in [3.8, 4) is 5.75 Å². The second kappa shape index (κ2) is 6.64. The van der Waals surface area contributed by atoms with Gasteiger partial charge in [-0.1, -0.05) is 22.0 Å². The molecule has 0 aliphatic heterocycles. The molecule has 3 nitrogen and oxygen atoms in total. The van der Waals surface area contributed by atoms with Crippen molar-refractivity contribution in [3.05, 3.63) is 29.3 Å². The van der Waals surface area contributed by atoms with E-state index in [0.717, 1.165) is 23.1 Å². The molecular formula is C13H18BrNO2. The second-order valence-electron chi connectivity index (χ2n) is 4.04. The van der Waals surface area contributed by atoms with Gasteiger partial charge in [0.1, 0.15) is 5.75 Å². The molecule has 1 amide bonds. The summed E-state index contributed by atoms with van der Waals surface area (Å²) < 4.78 is 5.20. The van der Waals surface area contributed by atoms with Crippen LogP contribution >= 0.6 is 15.9 Å². The molecule has 0 spiro atoms. The molecule has 0 aliphatic rings. The molecule has 0 aliphatic carbocycles. The zero-order chi connectivity index (χ0) is 12.8. The maximum absolute atomic E-state index is 11.9. The standard InChI is InChI=1S/C13H18BrNO2/c1-9-4-5-11(8-12(9)17-3)13(16)15-10(2)6-7-14/h4-5,8,10H,6-7H2,1-3H3,(H,15,16). The Labute approximate surface area is 111 Å². The lowest BCUT2D eigenvalue weighted by Crippen LogP contribution is -2.32. The highest BCUT2D eigenvalue weighted by molar-refractivity contribution is 9.09. The van der Waals surface area contributed by atoms with Gasteiger partial charge in [0.15, 0.2) is 0 Å². The maximum Gasteiger partial charge on any atom is 0.251 e. The number of hydrogen-bond acceptors (Lipinski definition) is 2. The van der Waals surface area contributed by atoms with Crippen LogP contribution in [0.15, 0.2) is 18.2 Å². The Bertz CT molecular complexity index is 393. The molecule has 4 heteroatoms. The summed E-state index contributed by atoms with van der Waals surface area (Å²) in [5.74, 6) is 0.683. The molecule has 0 fully saturated rings. The average molecular weight is 300 g/mol. The van der Waals surface area contributed by atoms with Crippen LogP contribution in [0, 0.1) is 6.92 Å². The smallest absolute Gasteiger partial charge is 0.251 e. The lowest BCUT2D eigenvalue weighted by atomic mass is 10.1. The molecule has 1 N–H and O–H groups in total. The number of methoxy groups -OCH3 is 1. The van der Waals surface area contributed by atoms with Crippen molar-refractivity contribution in [2.45, 2.75) is 26.3 Å². The van der Waals surface area contributed by atoms with Crippen molar-refractivity contribution in [2.75, 3.05) is 12.4 Å². The highest BCUT2D eigenvalue weighted by atomic mass is 79.9. The Hall–Kier alpha value is -1.03. The molecule has 0 aromatic heterocycles. The van der Waals surface area contributed by atoms with Gasteiger partial charge in [-0.15, -0.1) is 0 Å². The van der Waals surface area contributed by atoms with Crippen molar-refractivity contribution in [1.82, 2.24) is 5.32 Å². The van der Waals surface area contributed by atoms with Gasteiger partial charge < -0.3 is 10.1 Å². The lowest BCUT2D eigenvalue weighted by molar-refractivity contribution is 0.0939. The van der Waals surface area contributed by atoms with Gasteiger partial charge in [0.05, 0.1) is 7.11 Å². The van der Waals surface area contributed by atoms with Gasteiger partial charge in [0, 0.05) is 16.9 Å². The van der Waals surface area contributed by atoms with Crippen LogP contribution in [-0.4, -0.2) is 24.4 Å². The molecular weight excluding hydrogens is 282 g/mol. The lowest BCUT2D eigenvalue weighted by Gasteiger charge is -2.13. The molecule has 0 saturated carbocycles. The summed E-state index contributed by atoms with van der Waals surface area (Å²) in [6.07, 6.45) is 0.911. The molecule has 17 heavy (non-hydrogen) atoms. The first-order valence-electron chi connectivity index (χ1n) is 5.60. The summed E-state index contributed by atoms with van der Waals surface area (Å²) in [7, 11) is 1.61. The van der Waals surface area contributed by atoms with Gasteiger partial charge in [-0.3, -0.25) is 4.79 Å². The Balaban J connectivity index is 2.75. The fraction of sp³-hybridized carbons (Fsp3) is 0.462. The minimum Gasteiger partial charge on any atom is -0.496 e. The van der Waals surface area contributed by atoms with Crippen LogP contribution in [0.2, 0.25) is 0 Å². The number of amides is 1. The first-order valence-corrected chi connectivity index (χ1v) is 6.72. The molecule has 0 bridgehead atoms. The number of nitrogens with one attached hydrogen (secondary N) is 1. The van der Waals surface area contributed by atoms with Gasteiger partial charge in [-0.25, -0.2) is 0 Å². The summed E-state index contributed by atoms with van der Waals surface area (Å²) >= 11 is 3.36. The predicted octanol–water partition coefficient (Wildman–Crippen LogP) is 2.91. The number of benzene rings is 1. The quantitative estimate of drug-likeness (QED) is 0.849. The van der Waals surface area contributed by atoms with Crippen LogP contribution in [0.4, 0.5) is 0 Å². The van der Waals surface area contributed by atoms with E-state index in [9.17, 15) is 4.79 Å². The average Bonchev–Trinajstić information content (AvgIpc) is 2.29. The number of carbonyl (C=O) groups excluding carboxylic acids is 1. The number of hydrogen-bond donors (Lipinski definition) is 1. The minimum absolute atomic E-state index is 0.0586. The van der Waals surface area contributed by atoms with Crippen molar-refractivity contribution in [1.29, 1.82) is 0 Å². The van der Waals surface area contributed by atoms with Crippen LogP contribution in [0.3, 0.4) is 0 Å². The number of halogens is 1. The van der Waals surface area contributed by atoms with Gasteiger partial charge in [0.25, 0.3) is 5.91 Å². The van der Waals surface area contributed by atoms with Crippen molar-refractivity contribution >= 4 is 21.8 Å². The number of rotatable bonds is 5. The Morgan fingerprint density at radius 3 is 2.82 bits per heavy atom. The summed E-state index contributed by atoms with van der Waals surface area (Å²) in [5, 5.41) is 3.82. The first-order chi connectivity index (χ1) is 8.08. The zero-order valence-corrected chi connectivity index (χ0v) is 12.0. The fourth-order valence-corrected chi connectivity index (χ4v) is 2.19. The molecule has 1 rings (SSSR count). The fourth-order valence-electron chi connectivity index (χ4n) is 1.50. The summed E-state index contributed by atoms with van der Waals surface area (Å²) in [5.41, 5.74) is 1.66. The van der Waals surface area contributed by atoms with E-state index in [1.54, 1.807) is 13.2 Å². The third-order valence-corrected chi connectivity index (χ3v) is 3.05. The van der Waals surface area contributed by atoms with Gasteiger partial charge >= 0.3 is 0 Å². The summed E-state index contributed by atoms with van der Waals surface area (Å²) in [4.78, 5) is 11.9. The molecule has 1 aromatic carbocycles. The number of aryl methyl sites for hydroxylation is 1. The SMILES string of the molecule is COc1cc(C(=O)NC(C)CCBr)ccc1C. The van der Waals surface area contributed by atoms with E-state index >= 15 is 0 Å². The van der Waals surface area contributed by atoms with E-state index in [1.165, 1.54) is 0 Å². The number of ether oxygens (including phenoxy) is 1. The highest BCUT2D eigenvalue weighted by Crippen LogP contribution is 2.18. The topological polar surface area (TPSA) is 38.3 Å². The summed E-state index contributed by atoms with van der Waals surface area (Å²) in [6, 6.07) is 5.64. The Morgan fingerprint density at radius 1 is 1.53 bits per heavy atom. The first kappa shape index (κ1) is 14.0. The largest absolute Gasteiger partial charge is 0.496 e. The zero-order valence-electron chi connectivity index (χ0n) is 10.4. The van der Waals surface area contributed by atoms with Crippen LogP contribution in [0.25, 0.3) is 0 Å². The van der Waals surface area contributed by atoms with Crippen LogP contribution in [0.1, 0.15) is 29.3 Å². The third kappa shape index (κ3) is 4.04. The normalized spacial score (nSPS) is 12.0. The maximum atomic E-state index is 11.9. The molecule has 0 saturated heterocycles. The highest BCUT2D eigenvalue weighted by Gasteiger charge is 2.10. The minimum atomic E-state index is -0.0586. The van der Waals surface area contributed by atoms with E-state index in [1.807, 2.05) is 26.0 Å². The Kier molecular flexibility index (Phi) is 5.48. The monoisotopic (exact) mass is 299 g/mol. The third-order valence-electron chi connectivity index (χ3n) is 2.59. The second-order valence-corrected chi connectivity index (χ2v) is 4.83. The number of carbonyl (C=O) groups is 1. The van der Waals surface area contributed by atoms with Gasteiger partial charge in [-0.05, 0) is 38.0 Å². The van der Waals surface area contributed by atoms with E-state index < -0.39 is 0 Å². The molecule has 1 atom stereocenters. The molecule has 0 radical (unpaired) electrons. The van der Waals surface area contributed by atoms with Crippen molar-refractivity contribution in [2.24, 2.45) is 0 Å². The Morgan fingerprint density at radius 2 is 2.24 bits per heavy atom. The van der Waals surface area contributed by atoms with E-state index in [-0.39, 0.29) is 11.9 Å². The molecule has 1 unspecified atom stereocenters. The predicted molar refractivity (Wildman–Crippen MR) is 73.1 cm³/mol. The van der Waals surface area contributed by atoms with E-state index in [0.29, 0.717) is 5.56 Å². The van der Waals surface area contributed by atoms with Crippen LogP contribution in [-0.2, 0) is 0 Å². The van der Waals surface area contributed by atoms with E-state index in [2.05, 4.69) is 21.2 Å². The molecule has 1 aromatic rings. The van der Waals surface area contributed by atoms with Gasteiger partial charge in [0.2, 0.25) is 0 Å². The summed E-state index contributed by atoms with van der Waals surface area (Å²) in [6.45, 7) is 3.94. The van der Waals surface area contributed by atoms with Crippen molar-refractivity contribution in [3.63, 3.8) is 0 Å². The van der Waals surface area contributed by atoms with Crippen molar-refractivity contribution < 1.29 is 9.53 Å². The number of alkyl halides is 1.